The maximum absolute atomic E-state index is 5.25. The van der Waals surface area contributed by atoms with Crippen LogP contribution >= 0.6 is 0 Å². The third kappa shape index (κ3) is 5.25. The first-order valence-corrected chi connectivity index (χ1v) is 7.86. The Hall–Kier alpha value is -2.28. The molecule has 0 fully saturated rings. The first-order valence-electron chi connectivity index (χ1n) is 7.86. The lowest BCUT2D eigenvalue weighted by molar-refractivity contribution is 0.613. The van der Waals surface area contributed by atoms with E-state index in [1.165, 1.54) is 30.2 Å². The molecule has 0 aliphatic heterocycles. The number of para-hydroxylation sites is 1. The molecule has 1 aliphatic rings. The van der Waals surface area contributed by atoms with Crippen molar-refractivity contribution in [3.63, 3.8) is 0 Å². The second kappa shape index (κ2) is 8.89. The van der Waals surface area contributed by atoms with Crippen molar-refractivity contribution in [1.29, 1.82) is 0 Å². The van der Waals surface area contributed by atoms with Gasteiger partial charge in [-0.3, -0.25) is 0 Å². The summed E-state index contributed by atoms with van der Waals surface area (Å²) >= 11 is 0. The zero-order valence-corrected chi connectivity index (χ0v) is 13.5. The van der Waals surface area contributed by atoms with Gasteiger partial charge in [0.05, 0.1) is 6.26 Å². The van der Waals surface area contributed by atoms with E-state index in [0.717, 1.165) is 5.58 Å². The highest BCUT2D eigenvalue weighted by Crippen LogP contribution is 2.18. The summed E-state index contributed by atoms with van der Waals surface area (Å²) in [5.74, 6) is 0. The van der Waals surface area contributed by atoms with Crippen LogP contribution in [-0.4, -0.2) is 0 Å². The van der Waals surface area contributed by atoms with Gasteiger partial charge in [-0.05, 0) is 44.7 Å². The van der Waals surface area contributed by atoms with Crippen LogP contribution in [0.2, 0.25) is 0 Å². The molecule has 1 aromatic heterocycles. The lowest BCUT2D eigenvalue weighted by Crippen LogP contribution is -1.63. The van der Waals surface area contributed by atoms with Gasteiger partial charge in [-0.2, -0.15) is 0 Å². The molecule has 1 heterocycles. The van der Waals surface area contributed by atoms with Gasteiger partial charge in [0, 0.05) is 5.39 Å². The van der Waals surface area contributed by atoms with Gasteiger partial charge in [-0.15, -0.1) is 0 Å². The first-order chi connectivity index (χ1) is 10.8. The van der Waals surface area contributed by atoms with Gasteiger partial charge in [0.15, 0.2) is 0 Å². The molecule has 0 saturated heterocycles. The molecule has 0 unspecified atom stereocenters. The van der Waals surface area contributed by atoms with Crippen LogP contribution in [0.3, 0.4) is 0 Å². The fraction of sp³-hybridized carbons (Fsp3) is 0.238. The maximum Gasteiger partial charge on any atom is 0.134 e. The molecule has 114 valence electrons. The number of hydrogen-bond acceptors (Lipinski definition) is 1. The summed E-state index contributed by atoms with van der Waals surface area (Å²) in [5, 5.41) is 1.21. The number of rotatable bonds is 0. The summed E-state index contributed by atoms with van der Waals surface area (Å²) in [6.07, 6.45) is 8.17. The monoisotopic (exact) mass is 292 g/mol. The Morgan fingerprint density at radius 3 is 1.91 bits per heavy atom. The number of benzene rings is 2. The van der Waals surface area contributed by atoms with E-state index in [4.69, 9.17) is 4.42 Å². The highest BCUT2D eigenvalue weighted by Gasteiger charge is 1.97. The van der Waals surface area contributed by atoms with E-state index in [1.54, 1.807) is 11.8 Å². The average molecular weight is 292 g/mol. The zero-order chi connectivity index (χ0) is 15.6. The highest BCUT2D eigenvalue weighted by molar-refractivity contribution is 5.80. The Labute approximate surface area is 133 Å². The van der Waals surface area contributed by atoms with Crippen molar-refractivity contribution in [1.82, 2.24) is 0 Å². The van der Waals surface area contributed by atoms with E-state index in [1.807, 2.05) is 61.5 Å². The van der Waals surface area contributed by atoms with Crippen molar-refractivity contribution >= 4 is 11.0 Å². The van der Waals surface area contributed by atoms with Crippen molar-refractivity contribution in [3.05, 3.63) is 84.1 Å². The molecule has 0 bridgehead atoms. The summed E-state index contributed by atoms with van der Waals surface area (Å²) in [6, 6.07) is 20.0. The lowest BCUT2D eigenvalue weighted by atomic mass is 10.2. The van der Waals surface area contributed by atoms with Crippen LogP contribution in [-0.2, 0) is 0 Å². The smallest absolute Gasteiger partial charge is 0.134 e. The first kappa shape index (κ1) is 16.1. The minimum Gasteiger partial charge on any atom is -0.464 e. The third-order valence-electron chi connectivity index (χ3n) is 3.61. The Morgan fingerprint density at radius 2 is 1.45 bits per heavy atom. The number of furan rings is 1. The molecule has 0 saturated carbocycles. The Balaban J connectivity index is 0.000000128. The van der Waals surface area contributed by atoms with Crippen LogP contribution in [0.15, 0.2) is 83.0 Å². The predicted octanol–water partition coefficient (Wildman–Crippen LogP) is 6.54. The second-order valence-electron chi connectivity index (χ2n) is 5.51. The van der Waals surface area contributed by atoms with E-state index in [9.17, 15) is 0 Å². The van der Waals surface area contributed by atoms with Crippen molar-refractivity contribution in [3.8, 4) is 0 Å². The Morgan fingerprint density at radius 1 is 0.818 bits per heavy atom. The van der Waals surface area contributed by atoms with Gasteiger partial charge in [0.2, 0.25) is 0 Å². The predicted molar refractivity (Wildman–Crippen MR) is 95.0 cm³/mol. The molecule has 3 aromatic rings. The summed E-state index contributed by atoms with van der Waals surface area (Å²) in [4.78, 5) is 0. The lowest BCUT2D eigenvalue weighted by Gasteiger charge is -1.84. The van der Waals surface area contributed by atoms with E-state index in [-0.39, 0.29) is 0 Å². The fourth-order valence-corrected chi connectivity index (χ4v) is 2.33. The fourth-order valence-electron chi connectivity index (χ4n) is 2.33. The normalized spacial score (nSPS) is 12.7. The molecule has 0 N–H and O–H groups in total. The number of hydrogen-bond donors (Lipinski definition) is 0. The summed E-state index contributed by atoms with van der Waals surface area (Å²) < 4.78 is 5.25. The van der Waals surface area contributed by atoms with E-state index >= 15 is 0 Å². The molecule has 1 aliphatic carbocycles. The van der Waals surface area contributed by atoms with Crippen LogP contribution in [0.1, 0.15) is 31.7 Å². The van der Waals surface area contributed by atoms with Crippen LogP contribution in [0.25, 0.3) is 11.0 Å². The van der Waals surface area contributed by atoms with Crippen molar-refractivity contribution < 1.29 is 4.42 Å². The average Bonchev–Trinajstić information content (AvgIpc) is 3.20. The van der Waals surface area contributed by atoms with Crippen LogP contribution in [0.4, 0.5) is 0 Å². The van der Waals surface area contributed by atoms with E-state index in [0.29, 0.717) is 0 Å². The van der Waals surface area contributed by atoms with Gasteiger partial charge < -0.3 is 4.42 Å². The molecule has 22 heavy (non-hydrogen) atoms. The van der Waals surface area contributed by atoms with Crippen LogP contribution in [0.5, 0.6) is 0 Å². The molecule has 0 radical (unpaired) electrons. The topological polar surface area (TPSA) is 13.1 Å². The van der Waals surface area contributed by atoms with Crippen molar-refractivity contribution in [2.24, 2.45) is 0 Å². The summed E-state index contributed by atoms with van der Waals surface area (Å²) in [7, 11) is 0. The van der Waals surface area contributed by atoms with Crippen LogP contribution in [0, 0.1) is 6.92 Å². The zero-order valence-electron chi connectivity index (χ0n) is 13.5. The van der Waals surface area contributed by atoms with E-state index < -0.39 is 0 Å². The number of fused-ring (bicyclic) bond motifs is 1. The molecular formula is C21H24O. The second-order valence-corrected chi connectivity index (χ2v) is 5.51. The standard InChI is InChI=1S/C9H8O.C6H10.C6H6/c1-7-6-10-9-5-3-2-4-8(7)9;1-6-4-2-3-5-6;1-2-4-6-5-3-1/h2-6H,1H3;4H,2-3,5H2,1H3;1-6H. The number of allylic oxidation sites excluding steroid dienone is 2. The molecule has 1 heteroatoms. The van der Waals surface area contributed by atoms with Crippen LogP contribution < -0.4 is 0 Å². The van der Waals surface area contributed by atoms with Crippen molar-refractivity contribution in [2.75, 3.05) is 0 Å². The molecule has 4 rings (SSSR count). The largest absolute Gasteiger partial charge is 0.464 e. The Bertz CT molecular complexity index is 665. The summed E-state index contributed by atoms with van der Waals surface area (Å²) in [6.45, 7) is 4.25. The van der Waals surface area contributed by atoms with Gasteiger partial charge in [-0.25, -0.2) is 0 Å². The molecule has 0 atom stereocenters. The molecular weight excluding hydrogens is 268 g/mol. The third-order valence-corrected chi connectivity index (χ3v) is 3.61. The molecule has 0 spiro atoms. The van der Waals surface area contributed by atoms with Gasteiger partial charge in [0.1, 0.15) is 5.58 Å². The minimum atomic E-state index is 0.972. The van der Waals surface area contributed by atoms with Gasteiger partial charge in [0.25, 0.3) is 0 Å². The van der Waals surface area contributed by atoms with Crippen molar-refractivity contribution in [2.45, 2.75) is 33.1 Å². The molecule has 0 amide bonds. The number of aryl methyl sites for hydroxylation is 1. The highest BCUT2D eigenvalue weighted by atomic mass is 16.3. The maximum atomic E-state index is 5.25. The minimum absolute atomic E-state index is 0.972. The SMILES string of the molecule is CC1=CCCC1.Cc1coc2ccccc12.c1ccccc1. The molecule has 1 nitrogen and oxygen atoms in total. The summed E-state index contributed by atoms with van der Waals surface area (Å²) in [5.41, 5.74) is 3.76. The molecule has 2 aromatic carbocycles. The van der Waals surface area contributed by atoms with Gasteiger partial charge >= 0.3 is 0 Å². The quantitative estimate of drug-likeness (QED) is 0.428. The Kier molecular flexibility index (Phi) is 6.50. The van der Waals surface area contributed by atoms with Gasteiger partial charge in [-0.1, -0.05) is 66.2 Å². The van der Waals surface area contributed by atoms with E-state index in [2.05, 4.69) is 19.1 Å².